The summed E-state index contributed by atoms with van der Waals surface area (Å²) in [7, 11) is 2.21. The van der Waals surface area contributed by atoms with Crippen LogP contribution in [0.5, 0.6) is 0 Å². The van der Waals surface area contributed by atoms with Crippen LogP contribution in [0.3, 0.4) is 0 Å². The first-order chi connectivity index (χ1) is 8.15. The summed E-state index contributed by atoms with van der Waals surface area (Å²) in [5, 5.41) is 6.13. The predicted octanol–water partition coefficient (Wildman–Crippen LogP) is 0.975. The van der Waals surface area contributed by atoms with E-state index in [4.69, 9.17) is 0 Å². The molecule has 0 aromatic rings. The first kappa shape index (κ1) is 14.5. The Morgan fingerprint density at radius 2 is 2.24 bits per heavy atom. The van der Waals surface area contributed by atoms with Crippen molar-refractivity contribution in [2.75, 3.05) is 26.7 Å². The van der Waals surface area contributed by atoms with Gasteiger partial charge in [-0.3, -0.25) is 4.79 Å². The van der Waals surface area contributed by atoms with Crippen molar-refractivity contribution in [2.45, 2.75) is 51.6 Å². The third-order valence-corrected chi connectivity index (χ3v) is 3.59. The smallest absolute Gasteiger partial charge is 0.236 e. The van der Waals surface area contributed by atoms with Gasteiger partial charge in [-0.15, -0.1) is 0 Å². The van der Waals surface area contributed by atoms with Gasteiger partial charge in [-0.2, -0.15) is 0 Å². The van der Waals surface area contributed by atoms with Crippen LogP contribution in [0.2, 0.25) is 0 Å². The standard InChI is InChI=1S/C13H27N3O/c1-4-14-13(17)11(2)15-9-8-12-7-5-6-10-16(12)3/h11-12,15H,4-10H2,1-3H3,(H,14,17). The van der Waals surface area contributed by atoms with Crippen molar-refractivity contribution >= 4 is 5.91 Å². The summed E-state index contributed by atoms with van der Waals surface area (Å²) in [5.41, 5.74) is 0. The van der Waals surface area contributed by atoms with E-state index in [-0.39, 0.29) is 11.9 Å². The molecular formula is C13H27N3O. The molecule has 17 heavy (non-hydrogen) atoms. The number of nitrogens with one attached hydrogen (secondary N) is 2. The minimum atomic E-state index is -0.0798. The molecule has 0 spiro atoms. The zero-order valence-corrected chi connectivity index (χ0v) is 11.5. The quantitative estimate of drug-likeness (QED) is 0.728. The van der Waals surface area contributed by atoms with E-state index >= 15 is 0 Å². The predicted molar refractivity (Wildman–Crippen MR) is 71.0 cm³/mol. The fraction of sp³-hybridized carbons (Fsp3) is 0.923. The average Bonchev–Trinajstić information content (AvgIpc) is 2.31. The minimum absolute atomic E-state index is 0.0798. The summed E-state index contributed by atoms with van der Waals surface area (Å²) < 4.78 is 0. The lowest BCUT2D eigenvalue weighted by atomic mass is 10.00. The molecule has 1 rings (SSSR count). The van der Waals surface area contributed by atoms with Crippen LogP contribution in [0.1, 0.15) is 39.5 Å². The summed E-state index contributed by atoms with van der Waals surface area (Å²) in [6, 6.07) is 0.613. The Balaban J connectivity index is 2.15. The van der Waals surface area contributed by atoms with E-state index in [1.807, 2.05) is 13.8 Å². The van der Waals surface area contributed by atoms with Gasteiger partial charge in [-0.25, -0.2) is 0 Å². The number of hydrogen-bond donors (Lipinski definition) is 2. The fourth-order valence-electron chi connectivity index (χ4n) is 2.40. The highest BCUT2D eigenvalue weighted by Crippen LogP contribution is 2.17. The van der Waals surface area contributed by atoms with E-state index in [1.54, 1.807) is 0 Å². The molecule has 1 heterocycles. The number of piperidine rings is 1. The van der Waals surface area contributed by atoms with Gasteiger partial charge in [0.1, 0.15) is 0 Å². The summed E-state index contributed by atoms with van der Waals surface area (Å²) in [4.78, 5) is 14.0. The Labute approximate surface area is 105 Å². The third-order valence-electron chi connectivity index (χ3n) is 3.59. The van der Waals surface area contributed by atoms with Crippen LogP contribution in [0.15, 0.2) is 0 Å². The summed E-state index contributed by atoms with van der Waals surface area (Å²) in [5.74, 6) is 0.101. The molecule has 1 amide bonds. The number of carbonyl (C=O) groups is 1. The first-order valence-corrected chi connectivity index (χ1v) is 6.86. The van der Waals surface area contributed by atoms with Gasteiger partial charge in [0.15, 0.2) is 0 Å². The Morgan fingerprint density at radius 3 is 2.88 bits per heavy atom. The summed E-state index contributed by atoms with van der Waals surface area (Å²) in [6.07, 6.45) is 5.12. The number of hydrogen-bond acceptors (Lipinski definition) is 3. The first-order valence-electron chi connectivity index (χ1n) is 6.86. The maximum atomic E-state index is 11.5. The Hall–Kier alpha value is -0.610. The molecule has 0 aromatic carbocycles. The fourth-order valence-corrected chi connectivity index (χ4v) is 2.40. The topological polar surface area (TPSA) is 44.4 Å². The highest BCUT2D eigenvalue weighted by Gasteiger charge is 2.19. The van der Waals surface area contributed by atoms with Crippen LogP contribution < -0.4 is 10.6 Å². The van der Waals surface area contributed by atoms with E-state index in [0.29, 0.717) is 12.6 Å². The molecule has 1 aliphatic heterocycles. The van der Waals surface area contributed by atoms with E-state index in [0.717, 1.165) is 13.0 Å². The maximum absolute atomic E-state index is 11.5. The molecule has 1 saturated heterocycles. The van der Waals surface area contributed by atoms with Crippen molar-refractivity contribution in [3.63, 3.8) is 0 Å². The number of nitrogens with zero attached hydrogens (tertiary/aromatic N) is 1. The van der Waals surface area contributed by atoms with Gasteiger partial charge in [0.25, 0.3) is 0 Å². The molecule has 0 bridgehead atoms. The van der Waals surface area contributed by atoms with Gasteiger partial charge >= 0.3 is 0 Å². The van der Waals surface area contributed by atoms with Crippen LogP contribution in [0, 0.1) is 0 Å². The van der Waals surface area contributed by atoms with Crippen molar-refractivity contribution in [1.82, 2.24) is 15.5 Å². The highest BCUT2D eigenvalue weighted by atomic mass is 16.2. The van der Waals surface area contributed by atoms with Crippen molar-refractivity contribution in [3.05, 3.63) is 0 Å². The highest BCUT2D eigenvalue weighted by molar-refractivity contribution is 5.81. The second-order valence-electron chi connectivity index (χ2n) is 4.99. The number of likely N-dealkylation sites (tertiary alicyclic amines) is 1. The SMILES string of the molecule is CCNC(=O)C(C)NCCC1CCCCN1C. The molecule has 0 aromatic heterocycles. The lowest BCUT2D eigenvalue weighted by molar-refractivity contribution is -0.122. The van der Waals surface area contributed by atoms with Crippen molar-refractivity contribution in [2.24, 2.45) is 0 Å². The van der Waals surface area contributed by atoms with Gasteiger partial charge in [0.05, 0.1) is 6.04 Å². The zero-order chi connectivity index (χ0) is 12.7. The summed E-state index contributed by atoms with van der Waals surface area (Å²) >= 11 is 0. The van der Waals surface area contributed by atoms with E-state index in [1.165, 1.54) is 25.8 Å². The average molecular weight is 241 g/mol. The molecule has 4 heteroatoms. The molecule has 2 N–H and O–H groups in total. The molecule has 0 radical (unpaired) electrons. The summed E-state index contributed by atoms with van der Waals surface area (Å²) in [6.45, 7) is 6.72. The largest absolute Gasteiger partial charge is 0.355 e. The molecular weight excluding hydrogens is 214 g/mol. The molecule has 1 aliphatic rings. The maximum Gasteiger partial charge on any atom is 0.236 e. The minimum Gasteiger partial charge on any atom is -0.355 e. The number of rotatable bonds is 6. The molecule has 0 saturated carbocycles. The monoisotopic (exact) mass is 241 g/mol. The Bertz CT molecular complexity index is 233. The van der Waals surface area contributed by atoms with E-state index in [9.17, 15) is 4.79 Å². The van der Waals surface area contributed by atoms with Gasteiger partial charge in [-0.1, -0.05) is 6.42 Å². The Morgan fingerprint density at radius 1 is 1.47 bits per heavy atom. The van der Waals surface area contributed by atoms with Crippen molar-refractivity contribution < 1.29 is 4.79 Å². The van der Waals surface area contributed by atoms with Crippen LogP contribution in [-0.4, -0.2) is 49.6 Å². The number of likely N-dealkylation sites (N-methyl/N-ethyl adjacent to an activating group) is 1. The van der Waals surface area contributed by atoms with Crippen molar-refractivity contribution in [3.8, 4) is 0 Å². The molecule has 100 valence electrons. The lowest BCUT2D eigenvalue weighted by Crippen LogP contribution is -2.44. The third kappa shape index (κ3) is 5.04. The molecule has 2 unspecified atom stereocenters. The molecule has 4 nitrogen and oxygen atoms in total. The van der Waals surface area contributed by atoms with Crippen LogP contribution >= 0.6 is 0 Å². The number of carbonyl (C=O) groups excluding carboxylic acids is 1. The van der Waals surface area contributed by atoms with Gasteiger partial charge in [-0.05, 0) is 53.2 Å². The molecule has 1 fully saturated rings. The second-order valence-corrected chi connectivity index (χ2v) is 4.99. The zero-order valence-electron chi connectivity index (χ0n) is 11.5. The van der Waals surface area contributed by atoms with Gasteiger partial charge < -0.3 is 15.5 Å². The molecule has 0 aliphatic carbocycles. The van der Waals surface area contributed by atoms with Crippen LogP contribution in [0.25, 0.3) is 0 Å². The Kier molecular flexibility index (Phi) is 6.52. The van der Waals surface area contributed by atoms with Crippen LogP contribution in [0.4, 0.5) is 0 Å². The van der Waals surface area contributed by atoms with E-state index in [2.05, 4.69) is 22.6 Å². The van der Waals surface area contributed by atoms with Crippen LogP contribution in [-0.2, 0) is 4.79 Å². The number of amides is 1. The van der Waals surface area contributed by atoms with Crippen molar-refractivity contribution in [1.29, 1.82) is 0 Å². The lowest BCUT2D eigenvalue weighted by Gasteiger charge is -2.32. The van der Waals surface area contributed by atoms with Gasteiger partial charge in [0.2, 0.25) is 5.91 Å². The van der Waals surface area contributed by atoms with Gasteiger partial charge in [0, 0.05) is 12.6 Å². The second kappa shape index (κ2) is 7.67. The normalized spacial score (nSPS) is 23.4. The molecule has 2 atom stereocenters. The van der Waals surface area contributed by atoms with E-state index < -0.39 is 0 Å².